The fourth-order valence-electron chi connectivity index (χ4n) is 3.83. The van der Waals surface area contributed by atoms with Crippen molar-refractivity contribution in [2.45, 2.75) is 129 Å². The summed E-state index contributed by atoms with van der Waals surface area (Å²) in [6.45, 7) is 8.26. The van der Waals surface area contributed by atoms with Crippen LogP contribution in [0.1, 0.15) is 118 Å². The normalized spacial score (nSPS) is 18.4. The number of esters is 1. The molecule has 0 saturated heterocycles. The standard InChI is InChI=1S/C28H49NO4/c1-5-6-7-8-9-10-11-12-13-14-15-16-17-18-19-20-26(30)32-23-24-21-25(22-24)29-27(31)33-28(2,3)4/h9-10,12-13,24-25H,5-8,11,14-23H2,1-4H3,(H,29,31)/b10-9-,13-12-. The maximum Gasteiger partial charge on any atom is 0.407 e. The number of nitrogens with one attached hydrogen (secondary N) is 1. The zero-order chi connectivity index (χ0) is 24.4. The smallest absolute Gasteiger partial charge is 0.407 e. The molecule has 0 aromatic carbocycles. The molecule has 5 heteroatoms. The lowest BCUT2D eigenvalue weighted by molar-refractivity contribution is -0.146. The first-order valence-corrected chi connectivity index (χ1v) is 13.2. The van der Waals surface area contributed by atoms with Gasteiger partial charge in [0.05, 0.1) is 6.61 Å². The summed E-state index contributed by atoms with van der Waals surface area (Å²) in [6, 6.07) is 0.130. The Kier molecular flexibility index (Phi) is 15.7. The maximum atomic E-state index is 11.9. The zero-order valence-electron chi connectivity index (χ0n) is 21.7. The third kappa shape index (κ3) is 17.4. The van der Waals surface area contributed by atoms with Crippen molar-refractivity contribution in [1.82, 2.24) is 5.32 Å². The summed E-state index contributed by atoms with van der Waals surface area (Å²) in [5.74, 6) is 0.253. The Hall–Kier alpha value is -1.78. The summed E-state index contributed by atoms with van der Waals surface area (Å²) >= 11 is 0. The van der Waals surface area contributed by atoms with Crippen LogP contribution in [0, 0.1) is 5.92 Å². The molecule has 1 amide bonds. The molecule has 1 aliphatic rings. The van der Waals surface area contributed by atoms with E-state index in [9.17, 15) is 9.59 Å². The summed E-state index contributed by atoms with van der Waals surface area (Å²) in [5.41, 5.74) is -0.482. The predicted molar refractivity (Wildman–Crippen MR) is 136 cm³/mol. The minimum absolute atomic E-state index is 0.0933. The van der Waals surface area contributed by atoms with Gasteiger partial charge in [-0.3, -0.25) is 4.79 Å². The van der Waals surface area contributed by atoms with E-state index in [0.29, 0.717) is 18.9 Å². The van der Waals surface area contributed by atoms with Crippen LogP contribution in [-0.4, -0.2) is 30.3 Å². The van der Waals surface area contributed by atoms with Gasteiger partial charge in [-0.1, -0.05) is 63.3 Å². The highest BCUT2D eigenvalue weighted by Gasteiger charge is 2.32. The maximum absolute atomic E-state index is 11.9. The van der Waals surface area contributed by atoms with Crippen LogP contribution in [0.15, 0.2) is 24.3 Å². The minimum Gasteiger partial charge on any atom is -0.465 e. The van der Waals surface area contributed by atoms with E-state index in [1.165, 1.54) is 44.9 Å². The lowest BCUT2D eigenvalue weighted by Crippen LogP contribution is -2.47. The molecule has 1 rings (SSSR count). The van der Waals surface area contributed by atoms with E-state index >= 15 is 0 Å². The fourth-order valence-corrected chi connectivity index (χ4v) is 3.83. The molecule has 0 spiro atoms. The molecule has 0 aromatic heterocycles. The van der Waals surface area contributed by atoms with E-state index in [1.54, 1.807) is 0 Å². The first kappa shape index (κ1) is 29.3. The quantitative estimate of drug-likeness (QED) is 0.137. The van der Waals surface area contributed by atoms with E-state index in [1.807, 2.05) is 20.8 Å². The predicted octanol–water partition coefficient (Wildman–Crippen LogP) is 7.65. The van der Waals surface area contributed by atoms with Crippen molar-refractivity contribution in [2.75, 3.05) is 6.61 Å². The monoisotopic (exact) mass is 463 g/mol. The summed E-state index contributed by atoms with van der Waals surface area (Å²) in [4.78, 5) is 23.6. The van der Waals surface area contributed by atoms with Crippen LogP contribution in [0.5, 0.6) is 0 Å². The number of rotatable bonds is 17. The van der Waals surface area contributed by atoms with Gasteiger partial charge in [-0.2, -0.15) is 0 Å². The number of unbranched alkanes of at least 4 members (excludes halogenated alkanes) is 8. The molecule has 0 radical (unpaired) electrons. The molecular formula is C28H49NO4. The Morgan fingerprint density at radius 1 is 0.879 bits per heavy atom. The number of carbonyl (C=O) groups excluding carboxylic acids is 2. The van der Waals surface area contributed by atoms with Crippen molar-refractivity contribution in [3.05, 3.63) is 24.3 Å². The van der Waals surface area contributed by atoms with Crippen molar-refractivity contribution < 1.29 is 19.1 Å². The Balaban J connectivity index is 1.88. The second-order valence-electron chi connectivity index (χ2n) is 10.3. The van der Waals surface area contributed by atoms with Crippen molar-refractivity contribution in [3.8, 4) is 0 Å². The van der Waals surface area contributed by atoms with E-state index in [2.05, 4.69) is 36.5 Å². The molecule has 0 atom stereocenters. The van der Waals surface area contributed by atoms with E-state index in [4.69, 9.17) is 9.47 Å². The zero-order valence-corrected chi connectivity index (χ0v) is 21.7. The summed E-state index contributed by atoms with van der Waals surface area (Å²) in [6.07, 6.45) is 23.9. The lowest BCUT2D eigenvalue weighted by Gasteiger charge is -2.35. The molecule has 1 N–H and O–H groups in total. The van der Waals surface area contributed by atoms with Crippen LogP contribution in [-0.2, 0) is 14.3 Å². The molecule has 1 fully saturated rings. The van der Waals surface area contributed by atoms with Crippen molar-refractivity contribution in [2.24, 2.45) is 5.92 Å². The Labute approximate surface area is 202 Å². The first-order chi connectivity index (χ1) is 15.8. The highest BCUT2D eigenvalue weighted by atomic mass is 16.6. The third-order valence-corrected chi connectivity index (χ3v) is 5.77. The van der Waals surface area contributed by atoms with Crippen LogP contribution >= 0.6 is 0 Å². The fraction of sp³-hybridized carbons (Fsp3) is 0.786. The van der Waals surface area contributed by atoms with E-state index < -0.39 is 5.60 Å². The largest absolute Gasteiger partial charge is 0.465 e. The molecule has 0 bridgehead atoms. The minimum atomic E-state index is -0.482. The number of ether oxygens (including phenoxy) is 2. The topological polar surface area (TPSA) is 64.6 Å². The second-order valence-corrected chi connectivity index (χ2v) is 10.3. The molecule has 33 heavy (non-hydrogen) atoms. The number of carbonyl (C=O) groups is 2. The van der Waals surface area contributed by atoms with Gasteiger partial charge >= 0.3 is 12.1 Å². The van der Waals surface area contributed by atoms with Crippen molar-refractivity contribution in [1.29, 1.82) is 0 Å². The van der Waals surface area contributed by atoms with Gasteiger partial charge < -0.3 is 14.8 Å². The number of hydrogen-bond donors (Lipinski definition) is 1. The second kappa shape index (κ2) is 17.7. The summed E-state index contributed by atoms with van der Waals surface area (Å²) < 4.78 is 10.7. The number of alkyl carbamates (subject to hydrolysis) is 1. The Bertz CT molecular complexity index is 585. The van der Waals surface area contributed by atoms with E-state index in [-0.39, 0.29) is 18.1 Å². The lowest BCUT2D eigenvalue weighted by atomic mass is 9.81. The number of amides is 1. The molecule has 190 valence electrons. The average Bonchev–Trinajstić information content (AvgIpc) is 2.71. The van der Waals surface area contributed by atoms with Crippen LogP contribution in [0.25, 0.3) is 0 Å². The first-order valence-electron chi connectivity index (χ1n) is 13.2. The highest BCUT2D eigenvalue weighted by molar-refractivity contribution is 5.69. The van der Waals surface area contributed by atoms with Gasteiger partial charge in [0.1, 0.15) is 5.60 Å². The molecule has 0 unspecified atom stereocenters. The molecule has 1 saturated carbocycles. The van der Waals surface area contributed by atoms with Crippen LogP contribution in [0.3, 0.4) is 0 Å². The number of hydrogen-bond acceptors (Lipinski definition) is 4. The molecular weight excluding hydrogens is 414 g/mol. The van der Waals surface area contributed by atoms with Crippen LogP contribution in [0.2, 0.25) is 0 Å². The SMILES string of the molecule is CCCCC/C=C\C/C=C\CCCCCCCC(=O)OCC1CC(NC(=O)OC(C)(C)C)C1. The van der Waals surface area contributed by atoms with E-state index in [0.717, 1.165) is 38.5 Å². The molecule has 0 aliphatic heterocycles. The van der Waals surface area contributed by atoms with Gasteiger partial charge in [0.25, 0.3) is 0 Å². The van der Waals surface area contributed by atoms with Gasteiger partial charge in [0.15, 0.2) is 0 Å². The van der Waals surface area contributed by atoms with Crippen LogP contribution < -0.4 is 5.32 Å². The molecule has 0 heterocycles. The highest BCUT2D eigenvalue weighted by Crippen LogP contribution is 2.28. The molecule has 5 nitrogen and oxygen atoms in total. The molecule has 1 aliphatic carbocycles. The summed E-state index contributed by atoms with van der Waals surface area (Å²) in [7, 11) is 0. The third-order valence-electron chi connectivity index (χ3n) is 5.77. The van der Waals surface area contributed by atoms with Crippen molar-refractivity contribution >= 4 is 12.1 Å². The van der Waals surface area contributed by atoms with Gasteiger partial charge in [-0.15, -0.1) is 0 Å². The van der Waals surface area contributed by atoms with Gasteiger partial charge in [-0.05, 0) is 78.1 Å². The number of allylic oxidation sites excluding steroid dienone is 4. The van der Waals surface area contributed by atoms with Gasteiger partial charge in [0, 0.05) is 12.5 Å². The van der Waals surface area contributed by atoms with Gasteiger partial charge in [-0.25, -0.2) is 4.79 Å². The van der Waals surface area contributed by atoms with Crippen molar-refractivity contribution in [3.63, 3.8) is 0 Å². The average molecular weight is 464 g/mol. The van der Waals surface area contributed by atoms with Crippen LogP contribution in [0.4, 0.5) is 4.79 Å². The Morgan fingerprint density at radius 3 is 2.12 bits per heavy atom. The van der Waals surface area contributed by atoms with Gasteiger partial charge in [0.2, 0.25) is 0 Å². The molecule has 0 aromatic rings. The summed E-state index contributed by atoms with van der Waals surface area (Å²) in [5, 5.41) is 2.87. The Morgan fingerprint density at radius 2 is 1.48 bits per heavy atom.